The molecule has 104 valence electrons. The molecule has 0 atom stereocenters. The molecule has 0 saturated carbocycles. The summed E-state index contributed by atoms with van der Waals surface area (Å²) in [7, 11) is 1.60. The van der Waals surface area contributed by atoms with Crippen LogP contribution in [0.25, 0.3) is 0 Å². The second-order valence-corrected chi connectivity index (χ2v) is 4.88. The van der Waals surface area contributed by atoms with Gasteiger partial charge in [0, 0.05) is 16.2 Å². The molecular formula is C14H18BrNO3. The fourth-order valence-electron chi connectivity index (χ4n) is 1.45. The van der Waals surface area contributed by atoms with Gasteiger partial charge < -0.3 is 14.8 Å². The van der Waals surface area contributed by atoms with Crippen LogP contribution in [0, 0.1) is 0 Å². The fourth-order valence-corrected chi connectivity index (χ4v) is 1.81. The van der Waals surface area contributed by atoms with E-state index < -0.39 is 0 Å². The predicted molar refractivity (Wildman–Crippen MR) is 79.3 cm³/mol. The highest BCUT2D eigenvalue weighted by Gasteiger charge is 2.05. The van der Waals surface area contributed by atoms with Crippen LogP contribution in [0.5, 0.6) is 5.75 Å². The highest BCUT2D eigenvalue weighted by Crippen LogP contribution is 2.28. The number of ether oxygens (including phenoxy) is 2. The second-order valence-electron chi connectivity index (χ2n) is 3.96. The lowest BCUT2D eigenvalue weighted by atomic mass is 10.2. The van der Waals surface area contributed by atoms with E-state index in [4.69, 9.17) is 9.47 Å². The maximum atomic E-state index is 11.4. The SMILES string of the molecule is CCCOC(=O)/C=C(/C)Nc1cc(Br)ccc1OC. The van der Waals surface area contributed by atoms with Crippen molar-refractivity contribution < 1.29 is 14.3 Å². The summed E-state index contributed by atoms with van der Waals surface area (Å²) in [5.74, 6) is 0.360. The zero-order chi connectivity index (χ0) is 14.3. The van der Waals surface area contributed by atoms with Crippen molar-refractivity contribution in [3.8, 4) is 5.75 Å². The molecule has 4 nitrogen and oxygen atoms in total. The summed E-state index contributed by atoms with van der Waals surface area (Å²) < 4.78 is 11.2. The van der Waals surface area contributed by atoms with E-state index in [0.717, 1.165) is 16.6 Å². The van der Waals surface area contributed by atoms with Crippen molar-refractivity contribution in [2.45, 2.75) is 20.3 Å². The number of hydrogen-bond donors (Lipinski definition) is 1. The van der Waals surface area contributed by atoms with Gasteiger partial charge in [-0.05, 0) is 31.5 Å². The Morgan fingerprint density at radius 3 is 2.84 bits per heavy atom. The van der Waals surface area contributed by atoms with Crippen LogP contribution in [0.1, 0.15) is 20.3 Å². The number of carbonyl (C=O) groups excluding carboxylic acids is 1. The quantitative estimate of drug-likeness (QED) is 0.639. The van der Waals surface area contributed by atoms with Crippen LogP contribution in [0.3, 0.4) is 0 Å². The number of halogens is 1. The maximum Gasteiger partial charge on any atom is 0.332 e. The average Bonchev–Trinajstić information content (AvgIpc) is 2.36. The van der Waals surface area contributed by atoms with Gasteiger partial charge in [0.2, 0.25) is 0 Å². The first-order chi connectivity index (χ1) is 9.06. The molecule has 0 aromatic heterocycles. The predicted octanol–water partition coefficient (Wildman–Crippen LogP) is 3.73. The van der Waals surface area contributed by atoms with Crippen LogP contribution in [0.4, 0.5) is 5.69 Å². The van der Waals surface area contributed by atoms with Crippen molar-refractivity contribution in [3.63, 3.8) is 0 Å². The van der Waals surface area contributed by atoms with Gasteiger partial charge in [0.05, 0.1) is 19.4 Å². The summed E-state index contributed by atoms with van der Waals surface area (Å²) >= 11 is 3.39. The number of carbonyl (C=O) groups is 1. The van der Waals surface area contributed by atoms with Gasteiger partial charge >= 0.3 is 5.97 Å². The zero-order valence-electron chi connectivity index (χ0n) is 11.3. The number of hydrogen-bond acceptors (Lipinski definition) is 4. The van der Waals surface area contributed by atoms with Gasteiger partial charge in [0.1, 0.15) is 5.75 Å². The molecule has 0 radical (unpaired) electrons. The molecule has 5 heteroatoms. The minimum Gasteiger partial charge on any atom is -0.495 e. The minimum atomic E-state index is -0.346. The largest absolute Gasteiger partial charge is 0.495 e. The Labute approximate surface area is 121 Å². The molecule has 1 aromatic carbocycles. The second kappa shape index (κ2) is 7.84. The highest BCUT2D eigenvalue weighted by molar-refractivity contribution is 9.10. The lowest BCUT2D eigenvalue weighted by Crippen LogP contribution is -2.06. The number of rotatable bonds is 6. The molecule has 0 aliphatic carbocycles. The van der Waals surface area contributed by atoms with Crippen molar-refractivity contribution in [2.24, 2.45) is 0 Å². The fraction of sp³-hybridized carbons (Fsp3) is 0.357. The third-order valence-electron chi connectivity index (χ3n) is 2.28. The van der Waals surface area contributed by atoms with E-state index in [1.165, 1.54) is 6.08 Å². The Morgan fingerprint density at radius 2 is 2.21 bits per heavy atom. The molecule has 0 fully saturated rings. The first-order valence-corrected chi connectivity index (χ1v) is 6.81. The van der Waals surface area contributed by atoms with Crippen LogP contribution in [-0.4, -0.2) is 19.7 Å². The van der Waals surface area contributed by atoms with E-state index in [-0.39, 0.29) is 5.97 Å². The lowest BCUT2D eigenvalue weighted by Gasteiger charge is -2.11. The highest BCUT2D eigenvalue weighted by atomic mass is 79.9. The van der Waals surface area contributed by atoms with E-state index >= 15 is 0 Å². The monoisotopic (exact) mass is 327 g/mol. The summed E-state index contributed by atoms with van der Waals surface area (Å²) in [6, 6.07) is 5.61. The third-order valence-corrected chi connectivity index (χ3v) is 2.77. The number of esters is 1. The van der Waals surface area contributed by atoms with Crippen LogP contribution in [0.2, 0.25) is 0 Å². The van der Waals surface area contributed by atoms with E-state index in [1.807, 2.05) is 25.1 Å². The topological polar surface area (TPSA) is 47.6 Å². The van der Waals surface area contributed by atoms with Gasteiger partial charge in [0.25, 0.3) is 0 Å². The van der Waals surface area contributed by atoms with Gasteiger partial charge in [-0.15, -0.1) is 0 Å². The molecular weight excluding hydrogens is 310 g/mol. The molecule has 0 amide bonds. The first-order valence-electron chi connectivity index (χ1n) is 6.02. The van der Waals surface area contributed by atoms with Crippen LogP contribution >= 0.6 is 15.9 Å². The smallest absolute Gasteiger partial charge is 0.332 e. The molecule has 1 aromatic rings. The molecule has 0 aliphatic rings. The number of methoxy groups -OCH3 is 1. The normalized spacial score (nSPS) is 11.1. The minimum absolute atomic E-state index is 0.346. The van der Waals surface area contributed by atoms with Crippen LogP contribution in [-0.2, 0) is 9.53 Å². The molecule has 0 spiro atoms. The van der Waals surface area contributed by atoms with E-state index in [0.29, 0.717) is 18.1 Å². The van der Waals surface area contributed by atoms with Crippen LogP contribution in [0.15, 0.2) is 34.4 Å². The molecule has 0 heterocycles. The van der Waals surface area contributed by atoms with Gasteiger partial charge in [-0.2, -0.15) is 0 Å². The first kappa shape index (κ1) is 15.6. The Morgan fingerprint density at radius 1 is 1.47 bits per heavy atom. The Hall–Kier alpha value is -1.49. The van der Waals surface area contributed by atoms with Gasteiger partial charge in [-0.25, -0.2) is 4.79 Å². The molecule has 0 bridgehead atoms. The number of benzene rings is 1. The van der Waals surface area contributed by atoms with E-state index in [9.17, 15) is 4.79 Å². The number of anilines is 1. The van der Waals surface area contributed by atoms with Crippen molar-refractivity contribution in [2.75, 3.05) is 19.0 Å². The third kappa shape index (κ3) is 5.34. The molecule has 0 saturated heterocycles. The van der Waals surface area contributed by atoms with Crippen LogP contribution < -0.4 is 10.1 Å². The van der Waals surface area contributed by atoms with Crippen molar-refractivity contribution in [1.82, 2.24) is 0 Å². The maximum absolute atomic E-state index is 11.4. The molecule has 1 rings (SSSR count). The molecule has 19 heavy (non-hydrogen) atoms. The van der Waals surface area contributed by atoms with E-state index in [1.54, 1.807) is 14.0 Å². The van der Waals surface area contributed by atoms with Gasteiger partial charge in [0.15, 0.2) is 0 Å². The molecule has 0 unspecified atom stereocenters. The Kier molecular flexibility index (Phi) is 6.42. The van der Waals surface area contributed by atoms with Crippen molar-refractivity contribution in [1.29, 1.82) is 0 Å². The lowest BCUT2D eigenvalue weighted by molar-refractivity contribution is -0.137. The Balaban J connectivity index is 2.75. The molecule has 1 N–H and O–H groups in total. The number of allylic oxidation sites excluding steroid dienone is 1. The summed E-state index contributed by atoms with van der Waals surface area (Å²) in [5.41, 5.74) is 1.48. The van der Waals surface area contributed by atoms with Gasteiger partial charge in [-0.1, -0.05) is 22.9 Å². The average molecular weight is 328 g/mol. The van der Waals surface area contributed by atoms with Crippen molar-refractivity contribution >= 4 is 27.6 Å². The zero-order valence-corrected chi connectivity index (χ0v) is 12.9. The van der Waals surface area contributed by atoms with Crippen molar-refractivity contribution in [3.05, 3.63) is 34.4 Å². The summed E-state index contributed by atoms with van der Waals surface area (Å²) in [4.78, 5) is 11.4. The summed E-state index contributed by atoms with van der Waals surface area (Å²) in [6.45, 7) is 4.19. The standard InChI is InChI=1S/C14H18BrNO3/c1-4-7-19-14(17)8-10(2)16-12-9-11(15)5-6-13(12)18-3/h5-6,8-9,16H,4,7H2,1-3H3/b10-8-. The van der Waals surface area contributed by atoms with Gasteiger partial charge in [-0.3, -0.25) is 0 Å². The van der Waals surface area contributed by atoms with E-state index in [2.05, 4.69) is 21.2 Å². The summed E-state index contributed by atoms with van der Waals surface area (Å²) in [5, 5.41) is 3.11. The summed E-state index contributed by atoms with van der Waals surface area (Å²) in [6.07, 6.45) is 2.24. The number of nitrogens with one attached hydrogen (secondary N) is 1. The Bertz CT molecular complexity index is 472. The molecule has 0 aliphatic heterocycles.